The minimum atomic E-state index is -0.842. The van der Waals surface area contributed by atoms with Crippen LogP contribution in [0.3, 0.4) is 0 Å². The Labute approximate surface area is 158 Å². The molecule has 0 saturated heterocycles. The highest BCUT2D eigenvalue weighted by molar-refractivity contribution is 7.14. The fourth-order valence-electron chi connectivity index (χ4n) is 2.47. The number of alkyl carbamates (subject to hydrolysis) is 1. The third-order valence-electron chi connectivity index (χ3n) is 3.72. The van der Waals surface area contributed by atoms with Crippen molar-refractivity contribution >= 4 is 39.9 Å². The van der Waals surface area contributed by atoms with Crippen molar-refractivity contribution in [3.05, 3.63) is 46.2 Å². The second kappa shape index (κ2) is 7.54. The molecule has 3 rings (SSSR count). The monoisotopic (exact) mass is 387 g/mol. The molecule has 0 aliphatic rings. The van der Waals surface area contributed by atoms with E-state index in [9.17, 15) is 14.4 Å². The summed E-state index contributed by atoms with van der Waals surface area (Å²) in [6, 6.07) is 3.33. The lowest BCUT2D eigenvalue weighted by molar-refractivity contribution is 0.0926. The highest BCUT2D eigenvalue weighted by atomic mass is 32.1. The fraction of sp³-hybridized carbons (Fsp3) is 0.235. The van der Waals surface area contributed by atoms with Crippen LogP contribution in [0.4, 0.5) is 9.80 Å². The molecule has 140 valence electrons. The molecule has 27 heavy (non-hydrogen) atoms. The van der Waals surface area contributed by atoms with Crippen LogP contribution in [0, 0.1) is 13.8 Å². The van der Waals surface area contributed by atoms with Crippen molar-refractivity contribution in [2.75, 3.05) is 11.9 Å². The Morgan fingerprint density at radius 2 is 2.00 bits per heavy atom. The van der Waals surface area contributed by atoms with E-state index in [2.05, 4.69) is 25.5 Å². The number of fused-ring (bicyclic) bond motifs is 1. The molecule has 9 nitrogen and oxygen atoms in total. The number of rotatable bonds is 4. The van der Waals surface area contributed by atoms with Gasteiger partial charge in [0.25, 0.3) is 11.8 Å². The number of anilines is 1. The second-order valence-electron chi connectivity index (χ2n) is 5.61. The summed E-state index contributed by atoms with van der Waals surface area (Å²) in [5, 5.41) is 11.1. The smallest absolute Gasteiger partial charge is 0.414 e. The van der Waals surface area contributed by atoms with Gasteiger partial charge in [-0.2, -0.15) is 5.10 Å². The van der Waals surface area contributed by atoms with Crippen LogP contribution in [0.5, 0.6) is 0 Å². The molecule has 3 heterocycles. The zero-order valence-corrected chi connectivity index (χ0v) is 15.7. The lowest BCUT2D eigenvalue weighted by atomic mass is 10.2. The number of nitrogens with zero attached hydrogens (tertiary/aromatic N) is 3. The van der Waals surface area contributed by atoms with Gasteiger partial charge in [-0.25, -0.2) is 14.3 Å². The van der Waals surface area contributed by atoms with Gasteiger partial charge < -0.3 is 10.1 Å². The van der Waals surface area contributed by atoms with E-state index in [1.807, 2.05) is 13.0 Å². The van der Waals surface area contributed by atoms with Crippen LogP contribution in [0.1, 0.15) is 39.0 Å². The predicted molar refractivity (Wildman–Crippen MR) is 99.2 cm³/mol. The highest BCUT2D eigenvalue weighted by Gasteiger charge is 2.20. The molecule has 3 aromatic heterocycles. The molecule has 0 bridgehead atoms. The van der Waals surface area contributed by atoms with Crippen molar-refractivity contribution < 1.29 is 19.1 Å². The summed E-state index contributed by atoms with van der Waals surface area (Å²) in [6.45, 7) is 5.38. The number of hydrogen-bond donors (Lipinski definition) is 2. The third kappa shape index (κ3) is 3.80. The van der Waals surface area contributed by atoms with Gasteiger partial charge in [0.05, 0.1) is 29.1 Å². The van der Waals surface area contributed by atoms with E-state index < -0.39 is 17.9 Å². The van der Waals surface area contributed by atoms with E-state index >= 15 is 0 Å². The minimum Gasteiger partial charge on any atom is -0.450 e. The van der Waals surface area contributed by atoms with E-state index in [-0.39, 0.29) is 12.2 Å². The summed E-state index contributed by atoms with van der Waals surface area (Å²) < 4.78 is 6.28. The van der Waals surface area contributed by atoms with Gasteiger partial charge in [-0.15, -0.1) is 11.3 Å². The van der Waals surface area contributed by atoms with E-state index in [0.29, 0.717) is 21.9 Å². The molecular weight excluding hydrogens is 370 g/mol. The molecule has 0 aromatic carbocycles. The quantitative estimate of drug-likeness (QED) is 0.711. The highest BCUT2D eigenvalue weighted by Crippen LogP contribution is 2.24. The number of thiophene rings is 1. The lowest BCUT2D eigenvalue weighted by Crippen LogP contribution is -2.31. The molecule has 0 aliphatic carbocycles. The zero-order chi connectivity index (χ0) is 19.6. The molecule has 0 fully saturated rings. The SMILES string of the molecule is CCOC(=O)NC(=O)c1ccsc1NC(=O)c1cnc2cc(C)nn2c1C. The van der Waals surface area contributed by atoms with Crippen molar-refractivity contribution in [2.24, 2.45) is 0 Å². The number of hydrogen-bond acceptors (Lipinski definition) is 7. The first-order valence-electron chi connectivity index (χ1n) is 8.09. The van der Waals surface area contributed by atoms with Gasteiger partial charge in [-0.1, -0.05) is 0 Å². The predicted octanol–water partition coefficient (Wildman–Crippen LogP) is 2.55. The van der Waals surface area contributed by atoms with Gasteiger partial charge in [-0.05, 0) is 32.2 Å². The van der Waals surface area contributed by atoms with Crippen molar-refractivity contribution in [3.63, 3.8) is 0 Å². The fourth-order valence-corrected chi connectivity index (χ4v) is 3.25. The molecule has 0 aliphatic heterocycles. The van der Waals surface area contributed by atoms with Gasteiger partial charge >= 0.3 is 6.09 Å². The summed E-state index contributed by atoms with van der Waals surface area (Å²) in [7, 11) is 0. The standard InChI is InChI=1S/C17H17N5O4S/c1-4-26-17(25)20-14(23)11-5-6-27-16(11)19-15(24)12-8-18-13-7-9(2)21-22(13)10(12)3/h5-8H,4H2,1-3H3,(H,19,24)(H,20,23,25). The number of nitrogens with one attached hydrogen (secondary N) is 2. The van der Waals surface area contributed by atoms with E-state index in [1.165, 1.54) is 23.6 Å². The molecule has 0 radical (unpaired) electrons. The number of imide groups is 1. The average molecular weight is 387 g/mol. The van der Waals surface area contributed by atoms with Gasteiger partial charge in [0, 0.05) is 12.3 Å². The molecule has 0 saturated carbocycles. The van der Waals surface area contributed by atoms with Gasteiger partial charge in [0.1, 0.15) is 5.00 Å². The molecular formula is C17H17N5O4S. The Balaban J connectivity index is 1.81. The lowest BCUT2D eigenvalue weighted by Gasteiger charge is -2.09. The normalized spacial score (nSPS) is 10.6. The average Bonchev–Trinajstić information content (AvgIpc) is 3.21. The van der Waals surface area contributed by atoms with Crippen molar-refractivity contribution in [1.82, 2.24) is 19.9 Å². The maximum atomic E-state index is 12.7. The van der Waals surface area contributed by atoms with Crippen LogP contribution in [0.2, 0.25) is 0 Å². The van der Waals surface area contributed by atoms with Gasteiger partial charge in [0.2, 0.25) is 0 Å². The van der Waals surface area contributed by atoms with Crippen molar-refractivity contribution in [1.29, 1.82) is 0 Å². The van der Waals surface area contributed by atoms with E-state index in [0.717, 1.165) is 5.69 Å². The Kier molecular flexibility index (Phi) is 5.17. The molecule has 2 N–H and O–H groups in total. The summed E-state index contributed by atoms with van der Waals surface area (Å²) in [6.07, 6.45) is 0.623. The second-order valence-corrected chi connectivity index (χ2v) is 6.52. The van der Waals surface area contributed by atoms with E-state index in [4.69, 9.17) is 0 Å². The Morgan fingerprint density at radius 1 is 1.22 bits per heavy atom. The molecule has 0 spiro atoms. The van der Waals surface area contributed by atoms with Crippen LogP contribution in [-0.2, 0) is 4.74 Å². The summed E-state index contributed by atoms with van der Waals surface area (Å²) in [4.78, 5) is 40.5. The molecule has 3 aromatic rings. The summed E-state index contributed by atoms with van der Waals surface area (Å²) in [5.74, 6) is -1.08. The first-order valence-corrected chi connectivity index (χ1v) is 8.97. The van der Waals surface area contributed by atoms with Crippen LogP contribution in [-0.4, -0.2) is 39.1 Å². The maximum Gasteiger partial charge on any atom is 0.414 e. The van der Waals surface area contributed by atoms with Crippen LogP contribution < -0.4 is 10.6 Å². The first-order chi connectivity index (χ1) is 12.9. The Bertz CT molecular complexity index is 1040. The van der Waals surface area contributed by atoms with Gasteiger partial charge in [0.15, 0.2) is 5.65 Å². The number of carbonyl (C=O) groups excluding carboxylic acids is 3. The maximum absolute atomic E-state index is 12.7. The van der Waals surface area contributed by atoms with Crippen LogP contribution in [0.15, 0.2) is 23.7 Å². The van der Waals surface area contributed by atoms with Crippen molar-refractivity contribution in [2.45, 2.75) is 20.8 Å². The van der Waals surface area contributed by atoms with Crippen LogP contribution in [0.25, 0.3) is 5.65 Å². The third-order valence-corrected chi connectivity index (χ3v) is 4.55. The number of aromatic nitrogens is 3. The zero-order valence-electron chi connectivity index (χ0n) is 14.9. The number of ether oxygens (including phenoxy) is 1. The van der Waals surface area contributed by atoms with Gasteiger partial charge in [-0.3, -0.25) is 14.9 Å². The Hall–Kier alpha value is -3.27. The van der Waals surface area contributed by atoms with Crippen LogP contribution >= 0.6 is 11.3 Å². The molecule has 3 amide bonds. The summed E-state index contributed by atoms with van der Waals surface area (Å²) >= 11 is 1.17. The topological polar surface area (TPSA) is 115 Å². The molecule has 0 unspecified atom stereocenters. The number of carbonyl (C=O) groups is 3. The number of amides is 3. The number of aryl methyl sites for hydroxylation is 2. The van der Waals surface area contributed by atoms with Crippen molar-refractivity contribution in [3.8, 4) is 0 Å². The molecule has 10 heteroatoms. The molecule has 0 atom stereocenters. The van der Waals surface area contributed by atoms with E-state index in [1.54, 1.807) is 23.7 Å². The summed E-state index contributed by atoms with van der Waals surface area (Å²) in [5.41, 5.74) is 2.56. The largest absolute Gasteiger partial charge is 0.450 e. The minimum absolute atomic E-state index is 0.147. The first kappa shape index (κ1) is 18.5. The Morgan fingerprint density at radius 3 is 2.74 bits per heavy atom.